The fourth-order valence-electron chi connectivity index (χ4n) is 1.74. The van der Waals surface area contributed by atoms with Gasteiger partial charge in [0, 0.05) is 18.9 Å². The van der Waals surface area contributed by atoms with Crippen LogP contribution in [0.2, 0.25) is 0 Å². The van der Waals surface area contributed by atoms with E-state index in [4.69, 9.17) is 5.11 Å². The Morgan fingerprint density at radius 2 is 2.33 bits per heavy atom. The van der Waals surface area contributed by atoms with E-state index >= 15 is 0 Å². The maximum Gasteiger partial charge on any atom is 0.326 e. The summed E-state index contributed by atoms with van der Waals surface area (Å²) in [7, 11) is 0. The first-order valence-electron chi connectivity index (χ1n) is 4.85. The van der Waals surface area contributed by atoms with Crippen molar-refractivity contribution >= 4 is 11.9 Å². The zero-order valence-electron chi connectivity index (χ0n) is 8.56. The number of rotatable bonds is 5. The minimum atomic E-state index is -0.979. The van der Waals surface area contributed by atoms with Gasteiger partial charge in [0.1, 0.15) is 6.04 Å². The molecule has 2 atom stereocenters. The van der Waals surface area contributed by atoms with Gasteiger partial charge in [-0.1, -0.05) is 12.2 Å². The summed E-state index contributed by atoms with van der Waals surface area (Å²) in [6.45, 7) is 7.56. The Labute approximate surface area is 88.9 Å². The molecule has 0 aromatic heterocycles. The van der Waals surface area contributed by atoms with Gasteiger partial charge < -0.3 is 10.0 Å². The van der Waals surface area contributed by atoms with Crippen molar-refractivity contribution in [2.24, 2.45) is 5.92 Å². The Morgan fingerprint density at radius 1 is 1.67 bits per heavy atom. The lowest BCUT2D eigenvalue weighted by atomic mass is 10.1. The van der Waals surface area contributed by atoms with Crippen molar-refractivity contribution in [1.29, 1.82) is 0 Å². The highest BCUT2D eigenvalue weighted by atomic mass is 16.4. The SMILES string of the molecule is C=CC[C@@H](C(=O)O)N1CC(C=C)CC1=O. The largest absolute Gasteiger partial charge is 0.480 e. The quantitative estimate of drug-likeness (QED) is 0.688. The number of carbonyl (C=O) groups is 2. The third kappa shape index (κ3) is 2.46. The highest BCUT2D eigenvalue weighted by Gasteiger charge is 2.35. The van der Waals surface area contributed by atoms with Crippen LogP contribution >= 0.6 is 0 Å². The van der Waals surface area contributed by atoms with Crippen LogP contribution < -0.4 is 0 Å². The lowest BCUT2D eigenvalue weighted by Crippen LogP contribution is -2.41. The van der Waals surface area contributed by atoms with Gasteiger partial charge in [0.25, 0.3) is 0 Å². The van der Waals surface area contributed by atoms with Crippen LogP contribution in [0.4, 0.5) is 0 Å². The van der Waals surface area contributed by atoms with Crippen LogP contribution in [0.15, 0.2) is 25.3 Å². The van der Waals surface area contributed by atoms with Crippen molar-refractivity contribution < 1.29 is 14.7 Å². The van der Waals surface area contributed by atoms with Crippen LogP contribution in [0, 0.1) is 5.92 Å². The monoisotopic (exact) mass is 209 g/mol. The second-order valence-electron chi connectivity index (χ2n) is 3.62. The van der Waals surface area contributed by atoms with E-state index in [1.807, 2.05) is 0 Å². The maximum atomic E-state index is 11.5. The highest BCUT2D eigenvalue weighted by Crippen LogP contribution is 2.22. The van der Waals surface area contributed by atoms with Gasteiger partial charge in [-0.05, 0) is 6.42 Å². The molecule has 1 heterocycles. The zero-order valence-corrected chi connectivity index (χ0v) is 8.56. The average Bonchev–Trinajstić information content (AvgIpc) is 2.55. The Morgan fingerprint density at radius 3 is 2.73 bits per heavy atom. The summed E-state index contributed by atoms with van der Waals surface area (Å²) in [5.41, 5.74) is 0. The molecule has 4 nitrogen and oxygen atoms in total. The van der Waals surface area contributed by atoms with Crippen molar-refractivity contribution in [2.45, 2.75) is 18.9 Å². The molecule has 1 aliphatic rings. The molecule has 0 aliphatic carbocycles. The summed E-state index contributed by atoms with van der Waals surface area (Å²) >= 11 is 0. The van der Waals surface area contributed by atoms with Crippen LogP contribution in [0.1, 0.15) is 12.8 Å². The van der Waals surface area contributed by atoms with Crippen LogP contribution in [-0.2, 0) is 9.59 Å². The van der Waals surface area contributed by atoms with Gasteiger partial charge in [0.05, 0.1) is 0 Å². The molecule has 0 bridgehead atoms. The number of nitrogens with zero attached hydrogens (tertiary/aromatic N) is 1. The molecule has 82 valence electrons. The number of hydrogen-bond acceptors (Lipinski definition) is 2. The van der Waals surface area contributed by atoms with Gasteiger partial charge in [-0.15, -0.1) is 13.2 Å². The third-order valence-corrected chi connectivity index (χ3v) is 2.57. The summed E-state index contributed by atoms with van der Waals surface area (Å²) in [4.78, 5) is 23.9. The summed E-state index contributed by atoms with van der Waals surface area (Å²) in [5.74, 6) is -1.02. The second-order valence-corrected chi connectivity index (χ2v) is 3.62. The molecule has 15 heavy (non-hydrogen) atoms. The molecule has 1 amide bonds. The number of likely N-dealkylation sites (tertiary alicyclic amines) is 1. The molecule has 1 unspecified atom stereocenters. The molecule has 0 saturated carbocycles. The standard InChI is InChI=1S/C11H15NO3/c1-3-5-9(11(14)15)12-7-8(4-2)6-10(12)13/h3-4,8-9H,1-2,5-7H2,(H,14,15)/t8?,9-/m0/s1. The van der Waals surface area contributed by atoms with Crippen molar-refractivity contribution in [2.75, 3.05) is 6.54 Å². The van der Waals surface area contributed by atoms with Gasteiger partial charge >= 0.3 is 5.97 Å². The zero-order chi connectivity index (χ0) is 11.4. The van der Waals surface area contributed by atoms with E-state index in [1.54, 1.807) is 6.08 Å². The predicted molar refractivity (Wildman–Crippen MR) is 56.3 cm³/mol. The number of carbonyl (C=O) groups excluding carboxylic acids is 1. The Bertz CT molecular complexity index is 298. The van der Waals surface area contributed by atoms with Crippen LogP contribution in [0.3, 0.4) is 0 Å². The maximum absolute atomic E-state index is 11.5. The Balaban J connectivity index is 2.76. The van der Waals surface area contributed by atoms with Crippen LogP contribution in [0.5, 0.6) is 0 Å². The normalized spacial score (nSPS) is 22.5. The van der Waals surface area contributed by atoms with Gasteiger partial charge in [0.15, 0.2) is 0 Å². The molecular formula is C11H15NO3. The van der Waals surface area contributed by atoms with Gasteiger partial charge in [0.2, 0.25) is 5.91 Å². The minimum Gasteiger partial charge on any atom is -0.480 e. The molecule has 1 fully saturated rings. The first kappa shape index (κ1) is 11.5. The van der Waals surface area contributed by atoms with Crippen molar-refractivity contribution in [3.63, 3.8) is 0 Å². The number of aliphatic carboxylic acids is 1. The molecule has 1 rings (SSSR count). The average molecular weight is 209 g/mol. The molecule has 0 radical (unpaired) electrons. The predicted octanol–water partition coefficient (Wildman–Crippen LogP) is 1.05. The van der Waals surface area contributed by atoms with Gasteiger partial charge in [-0.25, -0.2) is 4.79 Å². The number of amides is 1. The summed E-state index contributed by atoms with van der Waals surface area (Å²) < 4.78 is 0. The molecule has 0 aromatic rings. The minimum absolute atomic E-state index is 0.0733. The van der Waals surface area contributed by atoms with E-state index in [0.717, 1.165) is 0 Å². The number of hydrogen-bond donors (Lipinski definition) is 1. The second kappa shape index (κ2) is 4.77. The molecule has 1 aliphatic heterocycles. The first-order chi connectivity index (χ1) is 7.10. The molecule has 0 aromatic carbocycles. The smallest absolute Gasteiger partial charge is 0.326 e. The first-order valence-corrected chi connectivity index (χ1v) is 4.85. The lowest BCUT2D eigenvalue weighted by Gasteiger charge is -2.23. The Kier molecular flexibility index (Phi) is 3.66. The molecule has 1 saturated heterocycles. The summed E-state index contributed by atoms with van der Waals surface area (Å²) in [5, 5.41) is 8.97. The van der Waals surface area contributed by atoms with Gasteiger partial charge in [-0.2, -0.15) is 0 Å². The van der Waals surface area contributed by atoms with E-state index in [0.29, 0.717) is 13.0 Å². The lowest BCUT2D eigenvalue weighted by molar-refractivity contribution is -0.148. The van der Waals surface area contributed by atoms with Gasteiger partial charge in [-0.3, -0.25) is 4.79 Å². The van der Waals surface area contributed by atoms with E-state index in [9.17, 15) is 9.59 Å². The summed E-state index contributed by atoms with van der Waals surface area (Å²) in [6, 6.07) is -0.778. The van der Waals surface area contributed by atoms with E-state index < -0.39 is 12.0 Å². The molecule has 4 heteroatoms. The van der Waals surface area contributed by atoms with E-state index in [1.165, 1.54) is 11.0 Å². The number of carboxylic acids is 1. The molecule has 0 spiro atoms. The fraction of sp³-hybridized carbons (Fsp3) is 0.455. The van der Waals surface area contributed by atoms with E-state index in [-0.39, 0.29) is 18.2 Å². The highest BCUT2D eigenvalue weighted by molar-refractivity contribution is 5.85. The molecule has 1 N–H and O–H groups in total. The summed E-state index contributed by atoms with van der Waals surface area (Å²) in [6.07, 6.45) is 3.87. The third-order valence-electron chi connectivity index (χ3n) is 2.57. The van der Waals surface area contributed by atoms with Crippen molar-refractivity contribution in [1.82, 2.24) is 4.90 Å². The fourth-order valence-corrected chi connectivity index (χ4v) is 1.74. The topological polar surface area (TPSA) is 57.6 Å². The van der Waals surface area contributed by atoms with Crippen molar-refractivity contribution in [3.05, 3.63) is 25.3 Å². The van der Waals surface area contributed by atoms with Crippen LogP contribution in [-0.4, -0.2) is 34.5 Å². The number of carboxylic acid groups (broad SMARTS) is 1. The molecular weight excluding hydrogens is 194 g/mol. The van der Waals surface area contributed by atoms with Crippen LogP contribution in [0.25, 0.3) is 0 Å². The Hall–Kier alpha value is -1.58. The van der Waals surface area contributed by atoms with E-state index in [2.05, 4.69) is 13.2 Å². The van der Waals surface area contributed by atoms with Crippen molar-refractivity contribution in [3.8, 4) is 0 Å².